The molecule has 0 radical (unpaired) electrons. The van der Waals surface area contributed by atoms with Crippen molar-refractivity contribution in [3.63, 3.8) is 0 Å². The van der Waals surface area contributed by atoms with E-state index in [1.165, 1.54) is 12.2 Å². The Morgan fingerprint density at radius 1 is 1.33 bits per heavy atom. The summed E-state index contributed by atoms with van der Waals surface area (Å²) in [5.41, 5.74) is 5.03. The van der Waals surface area contributed by atoms with Crippen molar-refractivity contribution in [1.29, 1.82) is 0 Å². The Morgan fingerprint density at radius 2 is 2.00 bits per heavy atom. The molecule has 0 aromatic carbocycles. The van der Waals surface area contributed by atoms with Crippen LogP contribution in [0.1, 0.15) is 19.3 Å². The van der Waals surface area contributed by atoms with Crippen molar-refractivity contribution in [2.45, 2.75) is 31.3 Å². The predicted molar refractivity (Wildman–Crippen MR) is 81.3 cm³/mol. The summed E-state index contributed by atoms with van der Waals surface area (Å²) in [5.74, 6) is -4.41. The Hall–Kier alpha value is -3.17. The number of hydrogen-bond acceptors (Lipinski definition) is 6. The first kappa shape index (κ1) is 18.9. The number of nitrogens with one attached hydrogen (secondary N) is 1. The van der Waals surface area contributed by atoms with Crippen LogP contribution >= 0.6 is 0 Å². The van der Waals surface area contributed by atoms with Crippen LogP contribution in [0.5, 0.6) is 0 Å². The molecule has 0 saturated carbocycles. The lowest BCUT2D eigenvalue weighted by molar-refractivity contribution is -0.140. The van der Waals surface area contributed by atoms with Crippen molar-refractivity contribution in [3.05, 3.63) is 23.4 Å². The first-order valence-corrected chi connectivity index (χ1v) is 6.88. The summed E-state index contributed by atoms with van der Waals surface area (Å²) in [6.45, 7) is 0. The molecule has 0 spiro atoms. The molecule has 6 N–H and O–H groups in total. The Balaban J connectivity index is 2.90. The zero-order valence-corrected chi connectivity index (χ0v) is 12.5. The quantitative estimate of drug-likeness (QED) is 0.353. The normalized spacial score (nSPS) is 20.2. The zero-order valence-electron chi connectivity index (χ0n) is 12.5. The first-order chi connectivity index (χ1) is 11.2. The molecule has 0 saturated heterocycles. The third-order valence-electron chi connectivity index (χ3n) is 3.13. The minimum atomic E-state index is -1.31. The molecule has 2 atom stereocenters. The lowest BCUT2D eigenvalue weighted by atomic mass is 10.00. The molecule has 1 aliphatic rings. The van der Waals surface area contributed by atoms with E-state index in [9.17, 15) is 19.2 Å². The predicted octanol–water partition coefficient (Wildman–Crippen LogP) is -0.883. The Labute approximate surface area is 136 Å². The summed E-state index contributed by atoms with van der Waals surface area (Å²) < 4.78 is 0. The summed E-state index contributed by atoms with van der Waals surface area (Å²) in [7, 11) is 0. The van der Waals surface area contributed by atoms with E-state index in [1.807, 2.05) is 0 Å². The molecule has 10 nitrogen and oxygen atoms in total. The third-order valence-corrected chi connectivity index (χ3v) is 3.13. The molecule has 1 heterocycles. The second kappa shape index (κ2) is 8.46. The molecule has 0 bridgehead atoms. The van der Waals surface area contributed by atoms with Crippen LogP contribution in [-0.4, -0.2) is 57.4 Å². The second-order valence-corrected chi connectivity index (χ2v) is 5.00. The molecule has 10 heteroatoms. The number of primary amides is 1. The number of allylic oxidation sites excluding steroid dienone is 2. The zero-order chi connectivity index (χ0) is 18.3. The number of amides is 1. The number of rotatable bonds is 8. The summed E-state index contributed by atoms with van der Waals surface area (Å²) in [6.07, 6.45) is 3.53. The van der Waals surface area contributed by atoms with Crippen molar-refractivity contribution < 1.29 is 34.5 Å². The van der Waals surface area contributed by atoms with E-state index in [4.69, 9.17) is 21.1 Å². The topological polar surface area (TPSA) is 179 Å². The molecule has 0 unspecified atom stereocenters. The van der Waals surface area contributed by atoms with Crippen LogP contribution in [0.2, 0.25) is 0 Å². The lowest BCUT2D eigenvalue weighted by Crippen LogP contribution is -2.41. The fourth-order valence-corrected chi connectivity index (χ4v) is 1.93. The Kier molecular flexibility index (Phi) is 6.65. The Morgan fingerprint density at radius 3 is 2.50 bits per heavy atom. The lowest BCUT2D eigenvalue weighted by Gasteiger charge is -2.21. The maximum Gasteiger partial charge on any atom is 0.351 e. The van der Waals surface area contributed by atoms with Gasteiger partial charge in [0.05, 0.1) is 0 Å². The fourth-order valence-electron chi connectivity index (χ4n) is 1.93. The average molecular weight is 339 g/mol. The SMILES string of the molecule is NC(=O)CC[C@@H](N=C/C=C1\C=C(C(=O)O)N[C@@H](C(=O)O)C1)C(=O)O. The smallest absolute Gasteiger partial charge is 0.351 e. The average Bonchev–Trinajstić information content (AvgIpc) is 2.49. The number of nitrogens with two attached hydrogens (primary N) is 1. The van der Waals surface area contributed by atoms with E-state index in [0.29, 0.717) is 5.57 Å². The Bertz CT molecular complexity index is 636. The minimum absolute atomic E-state index is 0.0111. The van der Waals surface area contributed by atoms with E-state index in [2.05, 4.69) is 10.3 Å². The number of aliphatic carboxylic acids is 3. The third kappa shape index (κ3) is 5.91. The van der Waals surface area contributed by atoms with E-state index in [-0.39, 0.29) is 25.0 Å². The van der Waals surface area contributed by atoms with Crippen molar-refractivity contribution in [3.8, 4) is 0 Å². The molecule has 1 aliphatic heterocycles. The standard InChI is InChI=1S/C14H17N3O7/c15-11(18)2-1-8(12(19)20)16-4-3-7-5-9(13(21)22)17-10(6-7)14(23)24/h3-5,8,10,17H,1-2,6H2,(H2,15,18)(H,19,20)(H,21,22)(H,23,24)/b7-3+,16-4?/t8-,10-/m1/s1. The molecule has 24 heavy (non-hydrogen) atoms. The van der Waals surface area contributed by atoms with Crippen LogP contribution in [0.4, 0.5) is 0 Å². The van der Waals surface area contributed by atoms with E-state index < -0.39 is 35.9 Å². The summed E-state index contributed by atoms with van der Waals surface area (Å²) in [5, 5.41) is 29.3. The van der Waals surface area contributed by atoms with Gasteiger partial charge in [0.15, 0.2) is 0 Å². The van der Waals surface area contributed by atoms with Crippen LogP contribution in [-0.2, 0) is 19.2 Å². The minimum Gasteiger partial charge on any atom is -0.480 e. The van der Waals surface area contributed by atoms with Gasteiger partial charge in [0, 0.05) is 19.1 Å². The number of hydrogen-bond donors (Lipinski definition) is 5. The van der Waals surface area contributed by atoms with Crippen molar-refractivity contribution >= 4 is 30.0 Å². The van der Waals surface area contributed by atoms with E-state index in [1.54, 1.807) is 0 Å². The van der Waals surface area contributed by atoms with Crippen molar-refractivity contribution in [2.75, 3.05) is 0 Å². The highest BCUT2D eigenvalue weighted by Crippen LogP contribution is 2.16. The highest BCUT2D eigenvalue weighted by atomic mass is 16.4. The van der Waals surface area contributed by atoms with Gasteiger partial charge in [-0.05, 0) is 24.1 Å². The van der Waals surface area contributed by atoms with Gasteiger partial charge in [-0.15, -0.1) is 0 Å². The number of carbonyl (C=O) groups excluding carboxylic acids is 1. The number of aliphatic imine (C=N–C) groups is 1. The van der Waals surface area contributed by atoms with Crippen LogP contribution in [0, 0.1) is 0 Å². The molecule has 1 rings (SSSR count). The van der Waals surface area contributed by atoms with Crippen molar-refractivity contribution in [2.24, 2.45) is 10.7 Å². The fraction of sp³-hybridized carbons (Fsp3) is 0.357. The van der Waals surface area contributed by atoms with Gasteiger partial charge in [-0.3, -0.25) is 9.79 Å². The largest absolute Gasteiger partial charge is 0.480 e. The van der Waals surface area contributed by atoms with Crippen LogP contribution in [0.15, 0.2) is 28.4 Å². The summed E-state index contributed by atoms with van der Waals surface area (Å²) in [6, 6.07) is -2.28. The number of carbonyl (C=O) groups is 4. The number of nitrogens with zero attached hydrogens (tertiary/aromatic N) is 1. The summed E-state index contributed by atoms with van der Waals surface area (Å²) >= 11 is 0. The maximum absolute atomic E-state index is 11.0. The molecular weight excluding hydrogens is 322 g/mol. The van der Waals surface area contributed by atoms with Gasteiger partial charge in [-0.2, -0.15) is 0 Å². The highest BCUT2D eigenvalue weighted by Gasteiger charge is 2.26. The highest BCUT2D eigenvalue weighted by molar-refractivity contribution is 5.90. The first-order valence-electron chi connectivity index (χ1n) is 6.88. The molecule has 130 valence electrons. The second-order valence-electron chi connectivity index (χ2n) is 5.00. The van der Waals surface area contributed by atoms with Crippen LogP contribution in [0.3, 0.4) is 0 Å². The molecule has 1 amide bonds. The van der Waals surface area contributed by atoms with Crippen LogP contribution < -0.4 is 11.1 Å². The maximum atomic E-state index is 11.0. The molecule has 0 aromatic rings. The van der Waals surface area contributed by atoms with Gasteiger partial charge in [0.1, 0.15) is 17.8 Å². The van der Waals surface area contributed by atoms with Gasteiger partial charge in [-0.1, -0.05) is 0 Å². The van der Waals surface area contributed by atoms with Gasteiger partial charge < -0.3 is 26.4 Å². The van der Waals surface area contributed by atoms with Crippen LogP contribution in [0.25, 0.3) is 0 Å². The monoisotopic (exact) mass is 339 g/mol. The summed E-state index contributed by atoms with van der Waals surface area (Å²) in [4.78, 5) is 47.5. The van der Waals surface area contributed by atoms with Gasteiger partial charge in [-0.25, -0.2) is 14.4 Å². The van der Waals surface area contributed by atoms with E-state index >= 15 is 0 Å². The number of carboxylic acid groups (broad SMARTS) is 3. The van der Waals surface area contributed by atoms with Gasteiger partial charge >= 0.3 is 17.9 Å². The van der Waals surface area contributed by atoms with Gasteiger partial charge in [0.2, 0.25) is 5.91 Å². The van der Waals surface area contributed by atoms with E-state index in [0.717, 1.165) is 6.21 Å². The van der Waals surface area contributed by atoms with Crippen molar-refractivity contribution in [1.82, 2.24) is 5.32 Å². The molecule has 0 aliphatic carbocycles. The molecular formula is C14H17N3O7. The van der Waals surface area contributed by atoms with Gasteiger partial charge in [0.25, 0.3) is 0 Å². The number of carboxylic acids is 3. The molecule has 0 aromatic heterocycles. The molecule has 0 fully saturated rings.